The van der Waals surface area contributed by atoms with Crippen LogP contribution in [0.25, 0.3) is 0 Å². The predicted molar refractivity (Wildman–Crippen MR) is 95.7 cm³/mol. The summed E-state index contributed by atoms with van der Waals surface area (Å²) in [5.74, 6) is 1.87. The fourth-order valence-corrected chi connectivity index (χ4v) is 2.78. The smallest absolute Gasteiger partial charge is 0.191 e. The molecule has 0 aliphatic rings. The Bertz CT molecular complexity index is 561. The maximum absolute atomic E-state index is 4.24. The monoisotopic (exact) mass is 316 g/mol. The van der Waals surface area contributed by atoms with Crippen LogP contribution in [-0.2, 0) is 6.54 Å². The molecule has 1 aromatic heterocycles. The first-order chi connectivity index (χ1) is 10.8. The highest BCUT2D eigenvalue weighted by Gasteiger charge is 1.98. The first kappa shape index (κ1) is 16.5. The van der Waals surface area contributed by atoms with Gasteiger partial charge < -0.3 is 15.2 Å². The molecule has 0 bridgehead atoms. The third-order valence-corrected chi connectivity index (χ3v) is 4.25. The molecule has 1 aromatic carbocycles. The summed E-state index contributed by atoms with van der Waals surface area (Å²) in [6, 6.07) is 12.7. The van der Waals surface area contributed by atoms with Gasteiger partial charge in [0.05, 0.1) is 0 Å². The lowest BCUT2D eigenvalue weighted by Gasteiger charge is -2.12. The maximum atomic E-state index is 4.24. The van der Waals surface area contributed by atoms with Crippen molar-refractivity contribution in [1.82, 2.24) is 15.2 Å². The van der Waals surface area contributed by atoms with Gasteiger partial charge in [-0.1, -0.05) is 17.7 Å². The molecule has 0 saturated heterocycles. The summed E-state index contributed by atoms with van der Waals surface area (Å²) in [6.07, 6.45) is 4.13. The second-order valence-corrected chi connectivity index (χ2v) is 6.18. The van der Waals surface area contributed by atoms with Crippen LogP contribution in [0.2, 0.25) is 0 Å². The number of nitrogens with one attached hydrogen (secondary N) is 2. The van der Waals surface area contributed by atoms with Crippen molar-refractivity contribution in [3.05, 3.63) is 54.4 Å². The van der Waals surface area contributed by atoms with E-state index < -0.39 is 0 Å². The number of hydrogen-bond acceptors (Lipinski definition) is 2. The Morgan fingerprint density at radius 3 is 2.45 bits per heavy atom. The summed E-state index contributed by atoms with van der Waals surface area (Å²) >= 11 is 1.85. The fourth-order valence-electron chi connectivity index (χ4n) is 2.02. The lowest BCUT2D eigenvalue weighted by Crippen LogP contribution is -2.39. The molecule has 0 spiro atoms. The molecule has 4 nitrogen and oxygen atoms in total. The highest BCUT2D eigenvalue weighted by atomic mass is 32.2. The minimum atomic E-state index is 0.858. The highest BCUT2D eigenvalue weighted by Crippen LogP contribution is 2.17. The first-order valence-corrected chi connectivity index (χ1v) is 8.51. The number of aromatic nitrogens is 1. The summed E-state index contributed by atoms with van der Waals surface area (Å²) in [5.41, 5.74) is 1.30. The van der Waals surface area contributed by atoms with E-state index in [2.05, 4.69) is 63.8 Å². The van der Waals surface area contributed by atoms with Gasteiger partial charge in [0.25, 0.3) is 0 Å². The summed E-state index contributed by atoms with van der Waals surface area (Å²) in [4.78, 5) is 5.55. The van der Waals surface area contributed by atoms with Crippen LogP contribution in [-0.4, -0.2) is 36.4 Å². The van der Waals surface area contributed by atoms with Crippen molar-refractivity contribution in [3.63, 3.8) is 0 Å². The van der Waals surface area contributed by atoms with E-state index in [9.17, 15) is 0 Å². The molecule has 2 N–H and O–H groups in total. The lowest BCUT2D eigenvalue weighted by atomic mass is 10.2. The zero-order chi connectivity index (χ0) is 15.6. The summed E-state index contributed by atoms with van der Waals surface area (Å²) in [6.45, 7) is 4.80. The summed E-state index contributed by atoms with van der Waals surface area (Å²) in [5, 5.41) is 6.66. The van der Waals surface area contributed by atoms with Gasteiger partial charge in [0.1, 0.15) is 0 Å². The third-order valence-electron chi connectivity index (χ3n) is 3.24. The topological polar surface area (TPSA) is 41.4 Å². The quantitative estimate of drug-likeness (QED) is 0.357. The van der Waals surface area contributed by atoms with Gasteiger partial charge in [0, 0.05) is 49.7 Å². The van der Waals surface area contributed by atoms with Crippen LogP contribution >= 0.6 is 11.8 Å². The predicted octanol–water partition coefficient (Wildman–Crippen LogP) is 2.75. The highest BCUT2D eigenvalue weighted by molar-refractivity contribution is 7.99. The minimum Gasteiger partial charge on any atom is -0.356 e. The van der Waals surface area contributed by atoms with Crippen molar-refractivity contribution >= 4 is 17.7 Å². The molecule has 2 aromatic rings. The second kappa shape index (κ2) is 9.20. The second-order valence-electron chi connectivity index (χ2n) is 5.01. The summed E-state index contributed by atoms with van der Waals surface area (Å²) in [7, 11) is 1.80. The maximum Gasteiger partial charge on any atom is 0.191 e. The van der Waals surface area contributed by atoms with Gasteiger partial charge in [0.2, 0.25) is 0 Å². The molecule has 5 heteroatoms. The molecule has 0 atom stereocenters. The number of rotatable bonds is 7. The van der Waals surface area contributed by atoms with Crippen LogP contribution in [0.4, 0.5) is 0 Å². The van der Waals surface area contributed by atoms with Crippen LogP contribution in [0.3, 0.4) is 0 Å². The zero-order valence-electron chi connectivity index (χ0n) is 13.2. The number of guanidine groups is 1. The molecule has 0 radical (unpaired) electrons. The van der Waals surface area contributed by atoms with Gasteiger partial charge in [-0.25, -0.2) is 0 Å². The standard InChI is InChI=1S/C17H24N4S/c1-15-5-7-16(8-6-15)22-14-10-20-17(18-2)19-9-13-21-11-3-4-12-21/h3-8,11-12H,9-10,13-14H2,1-2H3,(H2,18,19,20). The van der Waals surface area contributed by atoms with Gasteiger partial charge in [-0.05, 0) is 31.2 Å². The fraction of sp³-hybridized carbons (Fsp3) is 0.353. The van der Waals surface area contributed by atoms with Crippen molar-refractivity contribution in [2.75, 3.05) is 25.9 Å². The van der Waals surface area contributed by atoms with Crippen LogP contribution in [0, 0.1) is 6.92 Å². The average molecular weight is 316 g/mol. The average Bonchev–Trinajstić information content (AvgIpc) is 3.04. The number of benzene rings is 1. The molecule has 22 heavy (non-hydrogen) atoms. The molecule has 0 fully saturated rings. The SMILES string of the molecule is CN=C(NCCSc1ccc(C)cc1)NCCn1cccc1. The molecule has 0 aliphatic heterocycles. The molecular formula is C17H24N4S. The van der Waals surface area contributed by atoms with E-state index in [-0.39, 0.29) is 0 Å². The van der Waals surface area contributed by atoms with Crippen molar-refractivity contribution in [2.45, 2.75) is 18.4 Å². The van der Waals surface area contributed by atoms with Gasteiger partial charge in [0.15, 0.2) is 5.96 Å². The van der Waals surface area contributed by atoms with Gasteiger partial charge in [-0.15, -0.1) is 11.8 Å². The Balaban J connectivity index is 1.60. The Morgan fingerprint density at radius 1 is 1.09 bits per heavy atom. The zero-order valence-corrected chi connectivity index (χ0v) is 14.1. The molecule has 118 valence electrons. The van der Waals surface area contributed by atoms with Crippen molar-refractivity contribution in [2.24, 2.45) is 4.99 Å². The molecule has 0 saturated carbocycles. The Hall–Kier alpha value is -1.88. The number of thioether (sulfide) groups is 1. The normalized spacial score (nSPS) is 11.5. The van der Waals surface area contributed by atoms with Crippen molar-refractivity contribution in [3.8, 4) is 0 Å². The van der Waals surface area contributed by atoms with Crippen LogP contribution in [0.5, 0.6) is 0 Å². The van der Waals surface area contributed by atoms with E-state index >= 15 is 0 Å². The largest absolute Gasteiger partial charge is 0.356 e. The van der Waals surface area contributed by atoms with E-state index in [0.717, 1.165) is 31.3 Å². The molecule has 0 amide bonds. The number of nitrogens with zero attached hydrogens (tertiary/aromatic N) is 2. The Morgan fingerprint density at radius 2 is 1.77 bits per heavy atom. The molecule has 0 aliphatic carbocycles. The van der Waals surface area contributed by atoms with E-state index in [1.807, 2.05) is 23.9 Å². The molecule has 1 heterocycles. The van der Waals surface area contributed by atoms with E-state index in [0.29, 0.717) is 0 Å². The lowest BCUT2D eigenvalue weighted by molar-refractivity contribution is 0.667. The third kappa shape index (κ3) is 5.85. The number of aryl methyl sites for hydroxylation is 1. The van der Waals surface area contributed by atoms with E-state index in [1.165, 1.54) is 10.5 Å². The summed E-state index contributed by atoms with van der Waals surface area (Å²) < 4.78 is 2.15. The van der Waals surface area contributed by atoms with Crippen LogP contribution < -0.4 is 10.6 Å². The first-order valence-electron chi connectivity index (χ1n) is 7.52. The van der Waals surface area contributed by atoms with Crippen LogP contribution in [0.15, 0.2) is 58.7 Å². The van der Waals surface area contributed by atoms with Crippen molar-refractivity contribution < 1.29 is 0 Å². The van der Waals surface area contributed by atoms with Crippen LogP contribution in [0.1, 0.15) is 5.56 Å². The van der Waals surface area contributed by atoms with E-state index in [1.54, 1.807) is 7.05 Å². The van der Waals surface area contributed by atoms with Gasteiger partial charge in [-0.2, -0.15) is 0 Å². The Labute approximate surface area is 137 Å². The molecular weight excluding hydrogens is 292 g/mol. The Kier molecular flexibility index (Phi) is 6.90. The van der Waals surface area contributed by atoms with Gasteiger partial charge >= 0.3 is 0 Å². The number of aliphatic imine (C=N–C) groups is 1. The van der Waals surface area contributed by atoms with Crippen molar-refractivity contribution in [1.29, 1.82) is 0 Å². The molecule has 2 rings (SSSR count). The molecule has 0 unspecified atom stereocenters. The van der Waals surface area contributed by atoms with E-state index in [4.69, 9.17) is 0 Å². The minimum absolute atomic E-state index is 0.858. The number of hydrogen-bond donors (Lipinski definition) is 2. The van der Waals surface area contributed by atoms with Gasteiger partial charge in [-0.3, -0.25) is 4.99 Å².